The normalized spacial score (nSPS) is 15.0. The summed E-state index contributed by atoms with van der Waals surface area (Å²) in [5, 5.41) is 14.2. The molecule has 0 bridgehead atoms. The first kappa shape index (κ1) is 26.8. The van der Waals surface area contributed by atoms with Crippen molar-refractivity contribution in [3.63, 3.8) is 0 Å². The minimum Gasteiger partial charge on any atom is -0.455 e. The summed E-state index contributed by atoms with van der Waals surface area (Å²) in [6.45, 7) is 7.72. The van der Waals surface area contributed by atoms with Crippen LogP contribution in [-0.4, -0.2) is 40.4 Å². The number of aromatic nitrogens is 1. The summed E-state index contributed by atoms with van der Waals surface area (Å²) in [5.74, 6) is 3.36. The van der Waals surface area contributed by atoms with E-state index in [0.29, 0.717) is 62.6 Å². The average molecular weight is 546 g/mol. The van der Waals surface area contributed by atoms with E-state index in [9.17, 15) is 14.7 Å². The maximum absolute atomic E-state index is 12.7. The van der Waals surface area contributed by atoms with Crippen LogP contribution in [0.2, 0.25) is 5.02 Å². The molecule has 0 radical (unpaired) electrons. The molecule has 1 saturated carbocycles. The summed E-state index contributed by atoms with van der Waals surface area (Å²) in [6, 6.07) is 11.3. The number of aromatic amines is 1. The minimum absolute atomic E-state index is 0.278. The number of nitrogens with one attached hydrogen (secondary N) is 2. The molecule has 2 aliphatic rings. The number of hydrogen-bond acceptors (Lipinski definition) is 5. The smallest absolute Gasteiger partial charge is 0.267 e. The van der Waals surface area contributed by atoms with Gasteiger partial charge in [0.2, 0.25) is 0 Å². The number of aliphatic hydroxyl groups is 1. The van der Waals surface area contributed by atoms with Crippen LogP contribution in [-0.2, 0) is 10.4 Å². The number of carbonyl (C=O) groups is 1. The fourth-order valence-electron chi connectivity index (χ4n) is 4.93. The number of hydrogen-bond donors (Lipinski definition) is 3. The van der Waals surface area contributed by atoms with Gasteiger partial charge in [-0.1, -0.05) is 23.7 Å². The topological polar surface area (TPSA) is 94.7 Å². The molecule has 0 unspecified atom stereocenters. The third kappa shape index (κ3) is 5.13. The molecule has 0 spiro atoms. The van der Waals surface area contributed by atoms with E-state index < -0.39 is 5.60 Å². The molecule has 3 N–H and O–H groups in total. The first-order valence-corrected chi connectivity index (χ1v) is 13.5. The number of aryl methyl sites for hydroxylation is 1. The predicted molar refractivity (Wildman–Crippen MR) is 153 cm³/mol. The number of rotatable bonds is 7. The maximum atomic E-state index is 12.7. The highest BCUT2D eigenvalue weighted by Crippen LogP contribution is 2.46. The minimum atomic E-state index is -1.12. The number of halogens is 1. The van der Waals surface area contributed by atoms with Crippen molar-refractivity contribution < 1.29 is 19.4 Å². The Bertz CT molecular complexity index is 1530. The highest BCUT2D eigenvalue weighted by atomic mass is 35.5. The third-order valence-corrected chi connectivity index (χ3v) is 7.47. The molecule has 1 amide bonds. The number of amides is 1. The van der Waals surface area contributed by atoms with Gasteiger partial charge in [0.1, 0.15) is 17.2 Å². The second-order valence-corrected chi connectivity index (χ2v) is 11.1. The van der Waals surface area contributed by atoms with Crippen LogP contribution in [0, 0.1) is 6.92 Å². The Labute approximate surface area is 233 Å². The number of benzene rings is 2. The molecule has 2 heterocycles. The molecule has 2 aromatic carbocycles. The Morgan fingerprint density at radius 3 is 2.59 bits per heavy atom. The summed E-state index contributed by atoms with van der Waals surface area (Å²) in [5.41, 5.74) is 4.84. The monoisotopic (exact) mass is 545 g/mol. The number of nitrogens with zero attached hydrogens (tertiary/aromatic N) is 1. The molecule has 7 nitrogen and oxygen atoms in total. The summed E-state index contributed by atoms with van der Waals surface area (Å²) in [4.78, 5) is 29.3. The van der Waals surface area contributed by atoms with Crippen molar-refractivity contribution in [2.24, 2.45) is 0 Å². The van der Waals surface area contributed by atoms with Crippen molar-refractivity contribution in [3.8, 4) is 11.5 Å². The van der Waals surface area contributed by atoms with Crippen molar-refractivity contribution in [2.75, 3.05) is 13.6 Å². The maximum Gasteiger partial charge on any atom is 0.267 e. The van der Waals surface area contributed by atoms with Crippen LogP contribution in [0.3, 0.4) is 0 Å². The number of H-pyrrole nitrogens is 1. The van der Waals surface area contributed by atoms with E-state index in [1.54, 1.807) is 38.1 Å². The van der Waals surface area contributed by atoms with Crippen LogP contribution in [0.1, 0.15) is 83.5 Å². The van der Waals surface area contributed by atoms with Crippen molar-refractivity contribution >= 4 is 34.7 Å². The molecule has 1 fully saturated rings. The fourth-order valence-corrected chi connectivity index (χ4v) is 5.25. The molecular formula is C31H32ClN3O4. The molecule has 0 atom stereocenters. The molecule has 39 heavy (non-hydrogen) atoms. The van der Waals surface area contributed by atoms with Gasteiger partial charge in [0, 0.05) is 36.5 Å². The van der Waals surface area contributed by atoms with Gasteiger partial charge < -0.3 is 25.0 Å². The highest BCUT2D eigenvalue weighted by Gasteiger charge is 2.30. The van der Waals surface area contributed by atoms with Crippen LogP contribution < -0.4 is 10.1 Å². The number of ether oxygens (including phenoxy) is 1. The largest absolute Gasteiger partial charge is 0.455 e. The zero-order valence-electron chi connectivity index (χ0n) is 22.7. The van der Waals surface area contributed by atoms with E-state index in [1.165, 1.54) is 18.4 Å². The SMILES string of the molecule is CCNC(=O)c1cc2c([nH]1)C(=C=O)N(C)C=C2c1cc(C(C)(C)O)ccc1Oc1c(C)cc(C2CC2)cc1Cl. The Kier molecular flexibility index (Phi) is 6.93. The molecular weight excluding hydrogens is 514 g/mol. The third-order valence-electron chi connectivity index (χ3n) is 7.19. The lowest BCUT2D eigenvalue weighted by atomic mass is 9.89. The number of carbonyl (C=O) groups excluding carboxylic acids is 2. The Morgan fingerprint density at radius 2 is 1.97 bits per heavy atom. The summed E-state index contributed by atoms with van der Waals surface area (Å²) in [7, 11) is 1.74. The molecule has 8 heteroatoms. The van der Waals surface area contributed by atoms with Gasteiger partial charge in [0.25, 0.3) is 5.91 Å². The second kappa shape index (κ2) is 10.1. The van der Waals surface area contributed by atoms with Gasteiger partial charge in [-0.15, -0.1) is 0 Å². The first-order valence-electron chi connectivity index (χ1n) is 13.1. The van der Waals surface area contributed by atoms with E-state index in [0.717, 1.165) is 5.56 Å². The summed E-state index contributed by atoms with van der Waals surface area (Å²) in [6.07, 6.45) is 4.16. The van der Waals surface area contributed by atoms with Gasteiger partial charge in [-0.05, 0) is 87.4 Å². The Balaban J connectivity index is 1.67. The van der Waals surface area contributed by atoms with E-state index in [-0.39, 0.29) is 11.6 Å². The zero-order chi connectivity index (χ0) is 28.1. The molecule has 202 valence electrons. The number of fused-ring (bicyclic) bond motifs is 1. The predicted octanol–water partition coefficient (Wildman–Crippen LogP) is 6.13. The van der Waals surface area contributed by atoms with Crippen molar-refractivity contribution in [1.82, 2.24) is 15.2 Å². The van der Waals surface area contributed by atoms with Crippen LogP contribution in [0.15, 0.2) is 42.6 Å². The lowest BCUT2D eigenvalue weighted by Gasteiger charge is -2.26. The first-order chi connectivity index (χ1) is 18.5. The lowest BCUT2D eigenvalue weighted by molar-refractivity contribution is 0.0785. The second-order valence-electron chi connectivity index (χ2n) is 10.7. The standard InChI is InChI=1S/C31H32ClN3O4/c1-6-33-30(37)25-14-22-23(15-35(5)26(16-36)28(22)34-25)21-13-20(31(3,4)38)9-10-27(21)39-29-17(2)11-19(12-24(29)32)18-7-8-18/h9-15,18,34,38H,6-8H2,1-5H3,(H,33,37). The molecule has 1 aromatic heterocycles. The summed E-state index contributed by atoms with van der Waals surface area (Å²) >= 11 is 6.72. The van der Waals surface area contributed by atoms with Gasteiger partial charge in [0.15, 0.2) is 11.6 Å². The molecule has 1 aliphatic carbocycles. The van der Waals surface area contributed by atoms with Gasteiger partial charge in [-0.3, -0.25) is 4.79 Å². The molecule has 0 saturated heterocycles. The molecule has 5 rings (SSSR count). The van der Waals surface area contributed by atoms with Gasteiger partial charge in [-0.25, -0.2) is 4.79 Å². The molecule has 1 aliphatic heterocycles. The zero-order valence-corrected chi connectivity index (χ0v) is 23.5. The Hall–Kier alpha value is -3.77. The van der Waals surface area contributed by atoms with Gasteiger partial charge in [0.05, 0.1) is 16.3 Å². The van der Waals surface area contributed by atoms with Crippen molar-refractivity contribution in [2.45, 2.75) is 52.1 Å². The summed E-state index contributed by atoms with van der Waals surface area (Å²) < 4.78 is 6.50. The lowest BCUT2D eigenvalue weighted by Crippen LogP contribution is -2.23. The highest BCUT2D eigenvalue weighted by molar-refractivity contribution is 6.32. The van der Waals surface area contributed by atoms with Crippen LogP contribution in [0.4, 0.5) is 0 Å². The Morgan fingerprint density at radius 1 is 1.23 bits per heavy atom. The van der Waals surface area contributed by atoms with E-state index in [4.69, 9.17) is 16.3 Å². The average Bonchev–Trinajstić information content (AvgIpc) is 3.63. The van der Waals surface area contributed by atoms with Crippen LogP contribution >= 0.6 is 11.6 Å². The van der Waals surface area contributed by atoms with Crippen molar-refractivity contribution in [3.05, 3.63) is 86.8 Å². The van der Waals surface area contributed by atoms with E-state index in [2.05, 4.69) is 16.4 Å². The van der Waals surface area contributed by atoms with E-state index in [1.807, 2.05) is 44.1 Å². The van der Waals surface area contributed by atoms with Crippen molar-refractivity contribution in [1.29, 1.82) is 0 Å². The fraction of sp³-hybridized carbons (Fsp3) is 0.323. The quantitative estimate of drug-likeness (QED) is 0.310. The molecule has 3 aromatic rings. The van der Waals surface area contributed by atoms with Crippen LogP contribution in [0.25, 0.3) is 11.3 Å². The van der Waals surface area contributed by atoms with E-state index >= 15 is 0 Å². The van der Waals surface area contributed by atoms with Gasteiger partial charge in [-0.2, -0.15) is 0 Å². The van der Waals surface area contributed by atoms with Crippen LogP contribution in [0.5, 0.6) is 11.5 Å². The van der Waals surface area contributed by atoms with Gasteiger partial charge >= 0.3 is 0 Å².